The lowest BCUT2D eigenvalue weighted by Gasteiger charge is -2.34. The average Bonchev–Trinajstić information content (AvgIpc) is 2.45. The first-order valence-corrected chi connectivity index (χ1v) is 7.83. The molecule has 118 valence electrons. The molecule has 1 aliphatic carbocycles. The molecular formula is C17H24F3N. The molecule has 1 aromatic carbocycles. The van der Waals surface area contributed by atoms with E-state index in [0.717, 1.165) is 25.7 Å². The van der Waals surface area contributed by atoms with Gasteiger partial charge in [-0.1, -0.05) is 44.9 Å². The van der Waals surface area contributed by atoms with Gasteiger partial charge in [-0.05, 0) is 42.9 Å². The SMILES string of the molecule is CCNC(c1ccccc1C(F)(F)F)C1CCC(C)CC1. The minimum absolute atomic E-state index is 0.194. The highest BCUT2D eigenvalue weighted by Crippen LogP contribution is 2.41. The van der Waals surface area contributed by atoms with E-state index in [1.807, 2.05) is 6.92 Å². The first-order valence-electron chi connectivity index (χ1n) is 7.83. The smallest absolute Gasteiger partial charge is 0.310 e. The van der Waals surface area contributed by atoms with E-state index in [9.17, 15) is 13.2 Å². The van der Waals surface area contributed by atoms with Crippen molar-refractivity contribution in [3.05, 3.63) is 35.4 Å². The van der Waals surface area contributed by atoms with Crippen LogP contribution in [0.3, 0.4) is 0 Å². The van der Waals surface area contributed by atoms with Crippen LogP contribution in [-0.4, -0.2) is 6.54 Å². The van der Waals surface area contributed by atoms with E-state index in [1.165, 1.54) is 12.1 Å². The molecule has 0 aliphatic heterocycles. The molecule has 0 aromatic heterocycles. The molecule has 1 fully saturated rings. The van der Waals surface area contributed by atoms with Crippen molar-refractivity contribution in [1.82, 2.24) is 5.32 Å². The summed E-state index contributed by atoms with van der Waals surface area (Å²) in [4.78, 5) is 0. The average molecular weight is 299 g/mol. The summed E-state index contributed by atoms with van der Waals surface area (Å²) >= 11 is 0. The zero-order valence-corrected chi connectivity index (χ0v) is 12.7. The molecule has 0 heterocycles. The molecule has 21 heavy (non-hydrogen) atoms. The van der Waals surface area contributed by atoms with Gasteiger partial charge in [-0.25, -0.2) is 0 Å². The summed E-state index contributed by atoms with van der Waals surface area (Å²) in [6.07, 6.45) is -0.0518. The van der Waals surface area contributed by atoms with Gasteiger partial charge in [0.2, 0.25) is 0 Å². The van der Waals surface area contributed by atoms with E-state index in [0.29, 0.717) is 23.9 Å². The van der Waals surface area contributed by atoms with Crippen molar-refractivity contribution in [3.63, 3.8) is 0 Å². The molecule has 0 radical (unpaired) electrons. The zero-order chi connectivity index (χ0) is 15.5. The quantitative estimate of drug-likeness (QED) is 0.807. The largest absolute Gasteiger partial charge is 0.416 e. The van der Waals surface area contributed by atoms with Crippen LogP contribution in [0.4, 0.5) is 13.2 Å². The Bertz CT molecular complexity index is 448. The summed E-state index contributed by atoms with van der Waals surface area (Å²) < 4.78 is 39.8. The summed E-state index contributed by atoms with van der Waals surface area (Å²) in [5, 5.41) is 3.30. The minimum atomic E-state index is -4.29. The number of hydrogen-bond donors (Lipinski definition) is 1. The molecule has 1 aliphatic rings. The van der Waals surface area contributed by atoms with Gasteiger partial charge >= 0.3 is 6.18 Å². The summed E-state index contributed by atoms with van der Waals surface area (Å²) in [7, 11) is 0. The van der Waals surface area contributed by atoms with E-state index < -0.39 is 11.7 Å². The lowest BCUT2D eigenvalue weighted by Crippen LogP contribution is -2.32. The predicted octanol–water partition coefficient (Wildman–Crippen LogP) is 5.18. The topological polar surface area (TPSA) is 12.0 Å². The first kappa shape index (κ1) is 16.3. The highest BCUT2D eigenvalue weighted by molar-refractivity contribution is 5.33. The molecule has 1 unspecified atom stereocenters. The molecule has 0 saturated heterocycles. The maximum atomic E-state index is 13.3. The first-order chi connectivity index (χ1) is 9.93. The Hall–Kier alpha value is -1.03. The molecular weight excluding hydrogens is 275 g/mol. The van der Waals surface area contributed by atoms with Crippen LogP contribution < -0.4 is 5.32 Å². The molecule has 1 aromatic rings. The standard InChI is InChI=1S/C17H24F3N/c1-3-21-16(13-10-8-12(2)9-11-13)14-6-4-5-7-15(14)17(18,19)20/h4-7,12-13,16,21H,3,8-11H2,1-2H3. The molecule has 1 N–H and O–H groups in total. The lowest BCUT2D eigenvalue weighted by molar-refractivity contribution is -0.138. The number of hydrogen-bond acceptors (Lipinski definition) is 1. The molecule has 1 nitrogen and oxygen atoms in total. The van der Waals surface area contributed by atoms with Crippen molar-refractivity contribution >= 4 is 0 Å². The van der Waals surface area contributed by atoms with Gasteiger partial charge in [0.05, 0.1) is 5.56 Å². The molecule has 0 bridgehead atoms. The molecule has 0 spiro atoms. The number of alkyl halides is 3. The van der Waals surface area contributed by atoms with Crippen LogP contribution in [0.5, 0.6) is 0 Å². The highest BCUT2D eigenvalue weighted by atomic mass is 19.4. The molecule has 0 amide bonds. The lowest BCUT2D eigenvalue weighted by atomic mass is 9.76. The fourth-order valence-corrected chi connectivity index (χ4v) is 3.40. The molecule has 4 heteroatoms. The Labute approximate surface area is 124 Å². The molecule has 2 rings (SSSR count). The number of benzene rings is 1. The third kappa shape index (κ3) is 4.00. The van der Waals surface area contributed by atoms with Crippen LogP contribution in [-0.2, 0) is 6.18 Å². The van der Waals surface area contributed by atoms with E-state index in [4.69, 9.17) is 0 Å². The second-order valence-electron chi connectivity index (χ2n) is 6.14. The van der Waals surface area contributed by atoms with Crippen molar-refractivity contribution in [2.75, 3.05) is 6.54 Å². The van der Waals surface area contributed by atoms with Gasteiger partial charge in [0.25, 0.3) is 0 Å². The van der Waals surface area contributed by atoms with Crippen molar-refractivity contribution in [3.8, 4) is 0 Å². The van der Waals surface area contributed by atoms with Gasteiger partial charge in [-0.2, -0.15) is 13.2 Å². The summed E-state index contributed by atoms with van der Waals surface area (Å²) in [5.41, 5.74) is -0.0824. The Kier molecular flexibility index (Phi) is 5.31. The third-order valence-electron chi connectivity index (χ3n) is 4.56. The van der Waals surface area contributed by atoms with Crippen LogP contribution >= 0.6 is 0 Å². The Morgan fingerprint density at radius 2 is 1.76 bits per heavy atom. The maximum absolute atomic E-state index is 13.3. The van der Waals surface area contributed by atoms with Gasteiger partial charge in [0.15, 0.2) is 0 Å². The van der Waals surface area contributed by atoms with Crippen molar-refractivity contribution in [2.24, 2.45) is 11.8 Å². The van der Waals surface area contributed by atoms with Crippen LogP contribution in [0.1, 0.15) is 56.7 Å². The van der Waals surface area contributed by atoms with Crippen molar-refractivity contribution in [2.45, 2.75) is 51.7 Å². The number of halogens is 3. The van der Waals surface area contributed by atoms with Crippen LogP contribution in [0.15, 0.2) is 24.3 Å². The number of nitrogens with one attached hydrogen (secondary N) is 1. The Morgan fingerprint density at radius 1 is 1.14 bits per heavy atom. The van der Waals surface area contributed by atoms with E-state index in [-0.39, 0.29) is 6.04 Å². The Morgan fingerprint density at radius 3 is 2.33 bits per heavy atom. The second kappa shape index (κ2) is 6.82. The van der Waals surface area contributed by atoms with Gasteiger partial charge in [-0.3, -0.25) is 0 Å². The van der Waals surface area contributed by atoms with Gasteiger partial charge in [0, 0.05) is 6.04 Å². The third-order valence-corrected chi connectivity index (χ3v) is 4.56. The van der Waals surface area contributed by atoms with Gasteiger partial charge in [-0.15, -0.1) is 0 Å². The van der Waals surface area contributed by atoms with Crippen molar-refractivity contribution in [1.29, 1.82) is 0 Å². The van der Waals surface area contributed by atoms with Gasteiger partial charge < -0.3 is 5.32 Å². The summed E-state index contributed by atoms with van der Waals surface area (Å²) in [6.45, 7) is 4.86. The van der Waals surface area contributed by atoms with Crippen molar-refractivity contribution < 1.29 is 13.2 Å². The second-order valence-corrected chi connectivity index (χ2v) is 6.14. The van der Waals surface area contributed by atoms with E-state index in [1.54, 1.807) is 12.1 Å². The van der Waals surface area contributed by atoms with Gasteiger partial charge in [0.1, 0.15) is 0 Å². The van der Waals surface area contributed by atoms with Crippen LogP contribution in [0, 0.1) is 11.8 Å². The zero-order valence-electron chi connectivity index (χ0n) is 12.7. The van der Waals surface area contributed by atoms with E-state index >= 15 is 0 Å². The minimum Gasteiger partial charge on any atom is -0.310 e. The monoisotopic (exact) mass is 299 g/mol. The highest BCUT2D eigenvalue weighted by Gasteiger charge is 2.37. The maximum Gasteiger partial charge on any atom is 0.416 e. The van der Waals surface area contributed by atoms with E-state index in [2.05, 4.69) is 12.2 Å². The summed E-state index contributed by atoms with van der Waals surface area (Å²) in [6, 6.07) is 5.82. The van der Waals surface area contributed by atoms with Crippen LogP contribution in [0.2, 0.25) is 0 Å². The summed E-state index contributed by atoms with van der Waals surface area (Å²) in [5.74, 6) is 0.992. The fourth-order valence-electron chi connectivity index (χ4n) is 3.40. The van der Waals surface area contributed by atoms with Crippen LogP contribution in [0.25, 0.3) is 0 Å². The predicted molar refractivity (Wildman–Crippen MR) is 79.0 cm³/mol. The number of rotatable bonds is 4. The fraction of sp³-hybridized carbons (Fsp3) is 0.647. The normalized spacial score (nSPS) is 24.8. The molecule has 1 atom stereocenters. The Balaban J connectivity index is 2.30. The molecule has 1 saturated carbocycles.